The summed E-state index contributed by atoms with van der Waals surface area (Å²) in [7, 11) is 0. The number of benzene rings is 1. The largest absolute Gasteiger partial charge is 0.317 e. The maximum atomic E-state index is 14.3. The van der Waals surface area contributed by atoms with Crippen molar-refractivity contribution in [2.75, 3.05) is 0 Å². The van der Waals surface area contributed by atoms with E-state index < -0.39 is 11.9 Å². The molecular formula is C19H15BrF2N4S. The number of aryl methyl sites for hydroxylation is 1. The van der Waals surface area contributed by atoms with Crippen molar-refractivity contribution in [2.45, 2.75) is 19.4 Å². The monoisotopic (exact) mass is 448 g/mol. The first-order valence-electron chi connectivity index (χ1n) is 8.30. The topological polar surface area (TPSA) is 56.2 Å². The molecule has 4 rings (SSSR count). The van der Waals surface area contributed by atoms with Gasteiger partial charge in [0, 0.05) is 21.6 Å². The van der Waals surface area contributed by atoms with Gasteiger partial charge in [0.25, 0.3) is 0 Å². The number of pyridine rings is 1. The van der Waals surface area contributed by atoms with Crippen molar-refractivity contribution in [3.8, 4) is 11.3 Å². The minimum Gasteiger partial charge on any atom is -0.317 e. The van der Waals surface area contributed by atoms with Gasteiger partial charge in [0.05, 0.1) is 23.1 Å². The van der Waals surface area contributed by atoms with E-state index in [1.807, 2.05) is 12.3 Å². The van der Waals surface area contributed by atoms with Gasteiger partial charge in [-0.25, -0.2) is 18.7 Å². The van der Waals surface area contributed by atoms with Crippen molar-refractivity contribution >= 4 is 32.9 Å². The third-order valence-electron chi connectivity index (χ3n) is 4.31. The number of nitrogens with two attached hydrogens (primary N) is 1. The molecule has 0 amide bonds. The predicted octanol–water partition coefficient (Wildman–Crippen LogP) is 5.11. The summed E-state index contributed by atoms with van der Waals surface area (Å²) in [5.41, 5.74) is 9.74. The van der Waals surface area contributed by atoms with Crippen molar-refractivity contribution in [3.05, 3.63) is 74.4 Å². The highest BCUT2D eigenvalue weighted by molar-refractivity contribution is 9.10. The summed E-state index contributed by atoms with van der Waals surface area (Å²) in [5, 5.41) is 2.57. The molecule has 1 atom stereocenters. The van der Waals surface area contributed by atoms with Gasteiger partial charge in [-0.15, -0.1) is 11.3 Å². The van der Waals surface area contributed by atoms with Crippen LogP contribution in [0, 0.1) is 11.6 Å². The Labute approximate surface area is 166 Å². The van der Waals surface area contributed by atoms with E-state index in [4.69, 9.17) is 5.73 Å². The average molecular weight is 449 g/mol. The molecular weight excluding hydrogens is 434 g/mol. The summed E-state index contributed by atoms with van der Waals surface area (Å²) in [4.78, 5) is 9.03. The molecule has 3 heterocycles. The fraction of sp³-hybridized carbons (Fsp3) is 0.158. The van der Waals surface area contributed by atoms with Crippen molar-refractivity contribution in [1.29, 1.82) is 0 Å². The molecule has 8 heteroatoms. The molecule has 0 saturated heterocycles. The molecule has 0 fully saturated rings. The van der Waals surface area contributed by atoms with E-state index in [0.29, 0.717) is 21.6 Å². The average Bonchev–Trinajstić information content (AvgIpc) is 3.26. The second-order valence-corrected chi connectivity index (χ2v) is 7.86. The van der Waals surface area contributed by atoms with E-state index in [2.05, 4.69) is 25.9 Å². The van der Waals surface area contributed by atoms with Gasteiger partial charge in [-0.2, -0.15) is 0 Å². The lowest BCUT2D eigenvalue weighted by molar-refractivity contribution is 0.627. The standard InChI is InChI=1S/C19H15BrF2N4S/c1-2-14-17(26-8-11(20)7-13(22)18(26)24-14)16(23)19-25-15(9-27-19)10-3-5-12(21)6-4-10/h3-9,16H,2,23H2,1H3. The van der Waals surface area contributed by atoms with Crippen molar-refractivity contribution in [3.63, 3.8) is 0 Å². The summed E-state index contributed by atoms with van der Waals surface area (Å²) in [5.74, 6) is -0.708. The number of thiazole rings is 1. The molecule has 4 nitrogen and oxygen atoms in total. The molecule has 0 radical (unpaired) electrons. The van der Waals surface area contributed by atoms with E-state index in [9.17, 15) is 8.78 Å². The molecule has 27 heavy (non-hydrogen) atoms. The first-order valence-corrected chi connectivity index (χ1v) is 9.98. The Hall–Kier alpha value is -2.16. The second kappa shape index (κ2) is 7.10. The number of imidazole rings is 1. The molecule has 2 N–H and O–H groups in total. The minimum absolute atomic E-state index is 0.246. The van der Waals surface area contributed by atoms with Crippen LogP contribution in [0.5, 0.6) is 0 Å². The lowest BCUT2D eigenvalue weighted by atomic mass is 10.1. The third-order valence-corrected chi connectivity index (χ3v) is 5.67. The lowest BCUT2D eigenvalue weighted by Crippen LogP contribution is -2.16. The summed E-state index contributed by atoms with van der Waals surface area (Å²) < 4.78 is 29.7. The Kier molecular flexibility index (Phi) is 4.79. The van der Waals surface area contributed by atoms with E-state index >= 15 is 0 Å². The van der Waals surface area contributed by atoms with Crippen molar-refractivity contribution < 1.29 is 8.78 Å². The molecule has 0 saturated carbocycles. The second-order valence-electron chi connectivity index (χ2n) is 6.05. The lowest BCUT2D eigenvalue weighted by Gasteiger charge is -2.11. The van der Waals surface area contributed by atoms with Crippen LogP contribution in [0.1, 0.15) is 29.4 Å². The molecule has 1 unspecified atom stereocenters. The van der Waals surface area contributed by atoms with E-state index in [1.165, 1.54) is 29.5 Å². The Morgan fingerprint density at radius 1 is 1.22 bits per heavy atom. The Morgan fingerprint density at radius 2 is 1.96 bits per heavy atom. The Bertz CT molecular complexity index is 1120. The molecule has 4 aromatic rings. The Balaban J connectivity index is 1.79. The van der Waals surface area contributed by atoms with Crippen LogP contribution >= 0.6 is 27.3 Å². The summed E-state index contributed by atoms with van der Waals surface area (Å²) in [6.45, 7) is 1.96. The molecule has 0 bridgehead atoms. The van der Waals surface area contributed by atoms with Gasteiger partial charge >= 0.3 is 0 Å². The van der Waals surface area contributed by atoms with E-state index in [1.54, 1.807) is 22.7 Å². The molecule has 0 aliphatic rings. The zero-order chi connectivity index (χ0) is 19.1. The van der Waals surface area contributed by atoms with Crippen LogP contribution < -0.4 is 5.73 Å². The Morgan fingerprint density at radius 3 is 2.67 bits per heavy atom. The zero-order valence-electron chi connectivity index (χ0n) is 14.3. The van der Waals surface area contributed by atoms with Crippen LogP contribution in [0.15, 0.2) is 46.4 Å². The number of halogens is 3. The van der Waals surface area contributed by atoms with Gasteiger partial charge in [0.2, 0.25) is 0 Å². The molecule has 138 valence electrons. The fourth-order valence-electron chi connectivity index (χ4n) is 3.03. The maximum absolute atomic E-state index is 14.3. The number of fused-ring (bicyclic) bond motifs is 1. The van der Waals surface area contributed by atoms with Crippen LogP contribution in [-0.4, -0.2) is 14.4 Å². The normalized spacial score (nSPS) is 12.6. The van der Waals surface area contributed by atoms with Gasteiger partial charge < -0.3 is 5.73 Å². The summed E-state index contributed by atoms with van der Waals surface area (Å²) >= 11 is 4.74. The molecule has 0 aliphatic heterocycles. The van der Waals surface area contributed by atoms with E-state index in [0.717, 1.165) is 17.0 Å². The highest BCUT2D eigenvalue weighted by Crippen LogP contribution is 2.31. The van der Waals surface area contributed by atoms with Crippen LogP contribution in [0.2, 0.25) is 0 Å². The number of aromatic nitrogens is 3. The minimum atomic E-state index is -0.553. The van der Waals surface area contributed by atoms with Crippen molar-refractivity contribution in [1.82, 2.24) is 14.4 Å². The van der Waals surface area contributed by atoms with Crippen molar-refractivity contribution in [2.24, 2.45) is 5.73 Å². The van der Waals surface area contributed by atoms with Gasteiger partial charge in [-0.1, -0.05) is 6.92 Å². The van der Waals surface area contributed by atoms with Gasteiger partial charge in [-0.3, -0.25) is 4.40 Å². The third kappa shape index (κ3) is 3.28. The predicted molar refractivity (Wildman–Crippen MR) is 106 cm³/mol. The molecule has 0 aliphatic carbocycles. The fourth-order valence-corrected chi connectivity index (χ4v) is 4.26. The van der Waals surface area contributed by atoms with Gasteiger partial charge in [-0.05, 0) is 52.7 Å². The SMILES string of the molecule is CCc1nc2c(F)cc(Br)cn2c1C(N)c1nc(-c2ccc(F)cc2)cs1. The van der Waals surface area contributed by atoms with Crippen LogP contribution in [-0.2, 0) is 6.42 Å². The highest BCUT2D eigenvalue weighted by Gasteiger charge is 2.23. The van der Waals surface area contributed by atoms with Crippen LogP contribution in [0.4, 0.5) is 8.78 Å². The van der Waals surface area contributed by atoms with Crippen LogP contribution in [0.25, 0.3) is 16.9 Å². The van der Waals surface area contributed by atoms with Crippen LogP contribution in [0.3, 0.4) is 0 Å². The van der Waals surface area contributed by atoms with Gasteiger partial charge in [0.1, 0.15) is 10.8 Å². The summed E-state index contributed by atoms with van der Waals surface area (Å²) in [6.07, 6.45) is 2.38. The maximum Gasteiger partial charge on any atom is 0.173 e. The molecule has 0 spiro atoms. The number of hydrogen-bond acceptors (Lipinski definition) is 4. The molecule has 1 aromatic carbocycles. The number of rotatable bonds is 4. The first-order chi connectivity index (χ1) is 13.0. The highest BCUT2D eigenvalue weighted by atomic mass is 79.9. The summed E-state index contributed by atoms with van der Waals surface area (Å²) in [6, 6.07) is 6.98. The number of hydrogen-bond donors (Lipinski definition) is 1. The van der Waals surface area contributed by atoms with E-state index in [-0.39, 0.29) is 11.5 Å². The zero-order valence-corrected chi connectivity index (χ0v) is 16.7. The smallest absolute Gasteiger partial charge is 0.173 e. The number of nitrogens with zero attached hydrogens (tertiary/aromatic N) is 3. The quantitative estimate of drug-likeness (QED) is 0.471. The molecule has 3 aromatic heterocycles. The van der Waals surface area contributed by atoms with Gasteiger partial charge in [0.15, 0.2) is 11.5 Å². The first kappa shape index (κ1) is 18.2.